The zero-order chi connectivity index (χ0) is 24.2. The first-order valence-corrected chi connectivity index (χ1v) is 10.4. The number of methoxy groups -OCH3 is 4. The molecule has 0 bridgehead atoms. The summed E-state index contributed by atoms with van der Waals surface area (Å²) in [6, 6.07) is 6.83. The Balaban J connectivity index is 1.95. The Morgan fingerprint density at radius 2 is 1.71 bits per heavy atom. The van der Waals surface area contributed by atoms with Crippen LogP contribution in [0.15, 0.2) is 43.0 Å². The summed E-state index contributed by atoms with van der Waals surface area (Å²) in [6.07, 6.45) is 5.18. The van der Waals surface area contributed by atoms with Gasteiger partial charge in [-0.2, -0.15) is 5.10 Å². The first-order chi connectivity index (χ1) is 16.6. The van der Waals surface area contributed by atoms with Crippen molar-refractivity contribution >= 4 is 16.7 Å². The number of carbonyl (C=O) groups excluding carboxylic acids is 1. The van der Waals surface area contributed by atoms with Gasteiger partial charge in [0.25, 0.3) is 0 Å². The molecule has 0 radical (unpaired) electrons. The lowest BCUT2D eigenvalue weighted by atomic mass is 10.0. The van der Waals surface area contributed by atoms with E-state index in [0.717, 1.165) is 0 Å². The monoisotopic (exact) mass is 460 g/mol. The average molecular weight is 460 g/mol. The van der Waals surface area contributed by atoms with Crippen LogP contribution in [-0.4, -0.2) is 53.6 Å². The maximum absolute atomic E-state index is 13.7. The predicted octanol–water partition coefficient (Wildman–Crippen LogP) is 3.38. The number of imidazole rings is 1. The largest absolute Gasteiger partial charge is 0.495 e. The number of carbonyl (C=O) groups is 1. The van der Waals surface area contributed by atoms with E-state index in [1.54, 1.807) is 49.4 Å². The number of ether oxygens (including phenoxy) is 4. The predicted molar refractivity (Wildman–Crippen MR) is 126 cm³/mol. The van der Waals surface area contributed by atoms with Gasteiger partial charge in [0.15, 0.2) is 11.5 Å². The van der Waals surface area contributed by atoms with Gasteiger partial charge in [-0.25, -0.2) is 9.67 Å². The topological polar surface area (TPSA) is 89.6 Å². The van der Waals surface area contributed by atoms with Gasteiger partial charge in [0.2, 0.25) is 11.5 Å². The first kappa shape index (κ1) is 22.7. The van der Waals surface area contributed by atoms with Crippen molar-refractivity contribution in [3.63, 3.8) is 0 Å². The number of hydrogen-bond acceptors (Lipinski definition) is 7. The van der Waals surface area contributed by atoms with Gasteiger partial charge >= 0.3 is 0 Å². The maximum Gasteiger partial charge on any atom is 0.214 e. The minimum Gasteiger partial charge on any atom is -0.495 e. The summed E-state index contributed by atoms with van der Waals surface area (Å²) in [5, 5.41) is 5.35. The molecule has 0 unspecified atom stereocenters. The van der Waals surface area contributed by atoms with E-state index in [-0.39, 0.29) is 11.5 Å². The number of ketones is 1. The lowest BCUT2D eigenvalue weighted by Gasteiger charge is -2.13. The average Bonchev–Trinajstić information content (AvgIpc) is 3.51. The van der Waals surface area contributed by atoms with Crippen LogP contribution >= 0.6 is 0 Å². The Morgan fingerprint density at radius 3 is 2.26 bits per heavy atom. The zero-order valence-electron chi connectivity index (χ0n) is 19.6. The van der Waals surface area contributed by atoms with Crippen molar-refractivity contribution in [3.05, 3.63) is 59.8 Å². The molecule has 0 fully saturated rings. The van der Waals surface area contributed by atoms with E-state index in [1.807, 2.05) is 16.8 Å². The normalized spacial score (nSPS) is 10.5. The van der Waals surface area contributed by atoms with Crippen molar-refractivity contribution in [3.8, 4) is 34.8 Å². The van der Waals surface area contributed by atoms with Gasteiger partial charge in [-0.1, -0.05) is 5.92 Å². The Labute approximate surface area is 196 Å². The highest BCUT2D eigenvalue weighted by Crippen LogP contribution is 2.39. The number of rotatable bonds is 8. The molecule has 0 amide bonds. The van der Waals surface area contributed by atoms with E-state index in [2.05, 4.69) is 16.8 Å². The number of nitrogens with zero attached hydrogens (tertiary/aromatic N) is 4. The molecule has 2 aromatic carbocycles. The highest BCUT2D eigenvalue weighted by Gasteiger charge is 2.25. The van der Waals surface area contributed by atoms with Crippen molar-refractivity contribution in [1.82, 2.24) is 19.3 Å². The second kappa shape index (κ2) is 9.58. The van der Waals surface area contributed by atoms with Crippen molar-refractivity contribution < 1.29 is 23.7 Å². The number of aromatic nitrogens is 4. The van der Waals surface area contributed by atoms with Crippen LogP contribution in [0.4, 0.5) is 0 Å². The first-order valence-electron chi connectivity index (χ1n) is 10.4. The maximum atomic E-state index is 13.7. The minimum absolute atomic E-state index is 0.270. The highest BCUT2D eigenvalue weighted by atomic mass is 16.5. The fourth-order valence-corrected chi connectivity index (χ4v) is 3.82. The molecule has 0 N–H and O–H groups in total. The SMILES string of the molecule is CC#Cc1c(OC)ccc2c(C(=O)c3cc(OC)c(OC)c(OC)c3)nn(Cn3ccnc3)c12. The number of fused-ring (bicyclic) bond motifs is 1. The molecule has 9 nitrogen and oxygen atoms in total. The molecular weight excluding hydrogens is 436 g/mol. The second-order valence-corrected chi connectivity index (χ2v) is 7.22. The van der Waals surface area contributed by atoms with E-state index in [1.165, 1.54) is 21.3 Å². The number of benzene rings is 2. The summed E-state index contributed by atoms with van der Waals surface area (Å²) in [5.41, 5.74) is 1.96. The van der Waals surface area contributed by atoms with Crippen LogP contribution in [-0.2, 0) is 6.67 Å². The quantitative estimate of drug-likeness (QED) is 0.294. The van der Waals surface area contributed by atoms with Gasteiger partial charge in [0.1, 0.15) is 18.1 Å². The Morgan fingerprint density at radius 1 is 1.00 bits per heavy atom. The van der Waals surface area contributed by atoms with Crippen molar-refractivity contribution in [1.29, 1.82) is 0 Å². The van der Waals surface area contributed by atoms with E-state index in [0.29, 0.717) is 51.7 Å². The molecule has 2 aromatic heterocycles. The summed E-state index contributed by atoms with van der Waals surface area (Å²) < 4.78 is 25.3. The van der Waals surface area contributed by atoms with Crippen molar-refractivity contribution in [2.24, 2.45) is 0 Å². The van der Waals surface area contributed by atoms with Crippen LogP contribution in [0.25, 0.3) is 10.9 Å². The van der Waals surface area contributed by atoms with Crippen LogP contribution in [0.5, 0.6) is 23.0 Å². The molecule has 0 saturated heterocycles. The molecule has 0 aliphatic heterocycles. The third kappa shape index (κ3) is 3.90. The zero-order valence-corrected chi connectivity index (χ0v) is 19.6. The van der Waals surface area contributed by atoms with Crippen LogP contribution in [0.2, 0.25) is 0 Å². The van der Waals surface area contributed by atoms with E-state index in [4.69, 9.17) is 24.0 Å². The minimum atomic E-state index is -0.297. The van der Waals surface area contributed by atoms with Crippen LogP contribution < -0.4 is 18.9 Å². The van der Waals surface area contributed by atoms with Crippen LogP contribution in [0.3, 0.4) is 0 Å². The number of hydrogen-bond donors (Lipinski definition) is 0. The molecule has 0 saturated carbocycles. The molecule has 4 rings (SSSR count). The van der Waals surface area contributed by atoms with Gasteiger partial charge in [-0.15, -0.1) is 5.92 Å². The standard InChI is InChI=1S/C25H24N4O5/c1-6-7-17-19(31-2)9-8-18-22(27-29(23(17)18)15-28-11-10-26-14-28)24(30)16-12-20(32-3)25(34-5)21(13-16)33-4/h8-14H,15H2,1-5H3. The van der Waals surface area contributed by atoms with E-state index in [9.17, 15) is 4.79 Å². The van der Waals surface area contributed by atoms with Gasteiger partial charge in [-0.3, -0.25) is 4.79 Å². The Hall–Kier alpha value is -4.45. The summed E-state index contributed by atoms with van der Waals surface area (Å²) in [6.45, 7) is 2.08. The summed E-state index contributed by atoms with van der Waals surface area (Å²) in [4.78, 5) is 17.8. The molecule has 0 aliphatic rings. The molecule has 34 heavy (non-hydrogen) atoms. The molecule has 174 valence electrons. The molecule has 9 heteroatoms. The van der Waals surface area contributed by atoms with E-state index < -0.39 is 0 Å². The van der Waals surface area contributed by atoms with Crippen LogP contribution in [0, 0.1) is 11.8 Å². The highest BCUT2D eigenvalue weighted by molar-refractivity contribution is 6.16. The lowest BCUT2D eigenvalue weighted by molar-refractivity contribution is 0.103. The Bertz CT molecular complexity index is 1390. The third-order valence-corrected chi connectivity index (χ3v) is 5.34. The van der Waals surface area contributed by atoms with Gasteiger partial charge in [-0.05, 0) is 31.2 Å². The fourth-order valence-electron chi connectivity index (χ4n) is 3.82. The molecular formula is C25H24N4O5. The van der Waals surface area contributed by atoms with Crippen LogP contribution in [0.1, 0.15) is 28.5 Å². The Kier molecular flexibility index (Phi) is 6.41. The molecule has 0 atom stereocenters. The fraction of sp³-hybridized carbons (Fsp3) is 0.240. The van der Waals surface area contributed by atoms with Gasteiger partial charge in [0.05, 0.1) is 45.8 Å². The molecule has 2 heterocycles. The summed E-state index contributed by atoms with van der Waals surface area (Å²) in [7, 11) is 6.10. The third-order valence-electron chi connectivity index (χ3n) is 5.34. The summed E-state index contributed by atoms with van der Waals surface area (Å²) in [5.74, 6) is 7.50. The second-order valence-electron chi connectivity index (χ2n) is 7.22. The van der Waals surface area contributed by atoms with Crippen molar-refractivity contribution in [2.45, 2.75) is 13.6 Å². The summed E-state index contributed by atoms with van der Waals surface area (Å²) >= 11 is 0. The molecule has 4 aromatic rings. The molecule has 0 aliphatic carbocycles. The van der Waals surface area contributed by atoms with Gasteiger partial charge < -0.3 is 23.5 Å². The molecule has 0 spiro atoms. The lowest BCUT2D eigenvalue weighted by Crippen LogP contribution is -2.10. The van der Waals surface area contributed by atoms with Gasteiger partial charge in [0, 0.05) is 23.3 Å². The van der Waals surface area contributed by atoms with Crippen molar-refractivity contribution in [2.75, 3.05) is 28.4 Å². The van der Waals surface area contributed by atoms with E-state index >= 15 is 0 Å². The smallest absolute Gasteiger partial charge is 0.214 e.